The van der Waals surface area contributed by atoms with Gasteiger partial charge in [-0.05, 0) is 67.5 Å². The molecule has 3 nitrogen and oxygen atoms in total. The van der Waals surface area contributed by atoms with Gasteiger partial charge in [-0.3, -0.25) is 4.79 Å². The smallest absolute Gasteiger partial charge is 0.258 e. The maximum absolute atomic E-state index is 12.2. The van der Waals surface area contributed by atoms with Crippen LogP contribution in [0.4, 0.5) is 0 Å². The van der Waals surface area contributed by atoms with E-state index in [1.807, 2.05) is 13.0 Å². The molecule has 1 atom stereocenters. The Labute approximate surface area is 161 Å². The Morgan fingerprint density at radius 1 is 1.20 bits per heavy atom. The van der Waals surface area contributed by atoms with Gasteiger partial charge in [0.2, 0.25) is 0 Å². The van der Waals surface area contributed by atoms with E-state index in [4.69, 9.17) is 16.3 Å². The number of halogens is 2. The summed E-state index contributed by atoms with van der Waals surface area (Å²) in [6, 6.07) is 11.8. The molecule has 1 unspecified atom stereocenters. The van der Waals surface area contributed by atoms with Crippen LogP contribution in [0.1, 0.15) is 42.5 Å². The van der Waals surface area contributed by atoms with Gasteiger partial charge in [0, 0.05) is 4.47 Å². The zero-order valence-corrected chi connectivity index (χ0v) is 16.5. The maximum Gasteiger partial charge on any atom is 0.258 e. The minimum Gasteiger partial charge on any atom is -0.482 e. The molecule has 0 radical (unpaired) electrons. The number of hydrogen-bond donors (Lipinski definition) is 1. The molecule has 0 aliphatic heterocycles. The topological polar surface area (TPSA) is 38.3 Å². The first-order valence-corrected chi connectivity index (χ1v) is 9.69. The Balaban J connectivity index is 1.57. The minimum absolute atomic E-state index is 0.0521. The number of hydrogen-bond acceptors (Lipinski definition) is 2. The molecule has 5 heteroatoms. The Bertz CT molecular complexity index is 778. The lowest BCUT2D eigenvalue weighted by Gasteiger charge is -2.20. The Morgan fingerprint density at radius 3 is 2.72 bits per heavy atom. The second-order valence-electron chi connectivity index (χ2n) is 6.39. The quantitative estimate of drug-likeness (QED) is 0.716. The first-order chi connectivity index (χ1) is 12.0. The second-order valence-corrected chi connectivity index (χ2v) is 7.71. The van der Waals surface area contributed by atoms with Crippen molar-refractivity contribution in [3.05, 3.63) is 62.6 Å². The van der Waals surface area contributed by atoms with Crippen molar-refractivity contribution < 1.29 is 9.53 Å². The lowest BCUT2D eigenvalue weighted by Crippen LogP contribution is -2.31. The lowest BCUT2D eigenvalue weighted by molar-refractivity contribution is -0.123. The van der Waals surface area contributed by atoms with Crippen molar-refractivity contribution in [2.45, 2.75) is 38.6 Å². The van der Waals surface area contributed by atoms with Crippen LogP contribution in [0.15, 0.2) is 40.9 Å². The van der Waals surface area contributed by atoms with Crippen molar-refractivity contribution in [3.8, 4) is 5.75 Å². The third kappa shape index (κ3) is 4.77. The monoisotopic (exact) mass is 421 g/mol. The fourth-order valence-electron chi connectivity index (χ4n) is 3.12. The van der Waals surface area contributed by atoms with Gasteiger partial charge in [0.25, 0.3) is 5.91 Å². The molecule has 1 aliphatic rings. The Kier molecular flexibility index (Phi) is 6.02. The summed E-state index contributed by atoms with van der Waals surface area (Å²) in [5.41, 5.74) is 4.00. The van der Waals surface area contributed by atoms with Gasteiger partial charge in [0.05, 0.1) is 11.1 Å². The van der Waals surface area contributed by atoms with Crippen LogP contribution in [-0.4, -0.2) is 12.5 Å². The lowest BCUT2D eigenvalue weighted by atomic mass is 9.89. The number of aryl methyl sites for hydroxylation is 2. The highest BCUT2D eigenvalue weighted by atomic mass is 79.9. The van der Waals surface area contributed by atoms with Crippen molar-refractivity contribution in [2.24, 2.45) is 0 Å². The number of benzene rings is 2. The van der Waals surface area contributed by atoms with E-state index in [0.29, 0.717) is 10.8 Å². The van der Waals surface area contributed by atoms with Crippen molar-refractivity contribution in [1.82, 2.24) is 5.32 Å². The van der Waals surface area contributed by atoms with Crippen LogP contribution in [0.3, 0.4) is 0 Å². The summed E-state index contributed by atoms with van der Waals surface area (Å²) < 4.78 is 6.39. The first-order valence-electron chi connectivity index (χ1n) is 8.52. The summed E-state index contributed by atoms with van der Waals surface area (Å²) in [5, 5.41) is 3.46. The Hall–Kier alpha value is -1.52. The fraction of sp³-hybridized carbons (Fsp3) is 0.350. The molecule has 132 valence electrons. The summed E-state index contributed by atoms with van der Waals surface area (Å²) in [7, 11) is 0. The standard InChI is InChI=1S/C20H21BrClNO2/c1-13(15-7-6-14-4-2-3-5-16(14)10-15)23-20(24)12-25-19-9-8-17(21)11-18(19)22/h6-11,13H,2-5,12H2,1H3,(H,23,24). The molecule has 2 aromatic rings. The molecule has 25 heavy (non-hydrogen) atoms. The number of fused-ring (bicyclic) bond motifs is 1. The van der Waals surface area contributed by atoms with Crippen molar-refractivity contribution >= 4 is 33.4 Å². The molecule has 1 N–H and O–H groups in total. The average molecular weight is 423 g/mol. The van der Waals surface area contributed by atoms with Crippen molar-refractivity contribution in [3.63, 3.8) is 0 Å². The third-order valence-corrected chi connectivity index (χ3v) is 5.29. The molecule has 0 saturated carbocycles. The second kappa shape index (κ2) is 8.24. The van der Waals surface area contributed by atoms with Gasteiger partial charge in [0.15, 0.2) is 6.61 Å². The minimum atomic E-state index is -0.163. The van der Waals surface area contributed by atoms with Gasteiger partial charge < -0.3 is 10.1 Å². The highest BCUT2D eigenvalue weighted by Crippen LogP contribution is 2.28. The molecule has 3 rings (SSSR count). The van der Waals surface area contributed by atoms with E-state index in [9.17, 15) is 4.79 Å². The van der Waals surface area contributed by atoms with E-state index in [1.54, 1.807) is 12.1 Å². The SMILES string of the molecule is CC(NC(=O)COc1ccc(Br)cc1Cl)c1ccc2c(c1)CCCC2. The van der Waals surface area contributed by atoms with E-state index in [1.165, 1.54) is 24.0 Å². The molecule has 0 bridgehead atoms. The Morgan fingerprint density at radius 2 is 1.96 bits per heavy atom. The first kappa shape index (κ1) is 18.3. The van der Waals surface area contributed by atoms with Crippen LogP contribution < -0.4 is 10.1 Å². The summed E-state index contributed by atoms with van der Waals surface area (Å²) in [6.45, 7) is 1.94. The van der Waals surface area contributed by atoms with E-state index in [0.717, 1.165) is 22.9 Å². The van der Waals surface area contributed by atoms with Gasteiger partial charge >= 0.3 is 0 Å². The van der Waals surface area contributed by atoms with Crippen LogP contribution in [0.5, 0.6) is 5.75 Å². The van der Waals surface area contributed by atoms with Gasteiger partial charge in [-0.2, -0.15) is 0 Å². The zero-order valence-electron chi connectivity index (χ0n) is 14.1. The van der Waals surface area contributed by atoms with E-state index >= 15 is 0 Å². The van der Waals surface area contributed by atoms with E-state index < -0.39 is 0 Å². The molecule has 1 aliphatic carbocycles. The van der Waals surface area contributed by atoms with Crippen LogP contribution in [-0.2, 0) is 17.6 Å². The normalized spacial score (nSPS) is 14.5. The number of nitrogens with one attached hydrogen (secondary N) is 1. The van der Waals surface area contributed by atoms with Crippen molar-refractivity contribution in [1.29, 1.82) is 0 Å². The summed E-state index contributed by atoms with van der Waals surface area (Å²) >= 11 is 9.44. The highest BCUT2D eigenvalue weighted by molar-refractivity contribution is 9.10. The molecular weight excluding hydrogens is 402 g/mol. The van der Waals surface area contributed by atoms with Crippen LogP contribution in [0, 0.1) is 0 Å². The number of ether oxygens (including phenoxy) is 1. The molecule has 1 amide bonds. The predicted octanol–water partition coefficient (Wildman–Crippen LogP) is 5.24. The molecule has 0 saturated heterocycles. The van der Waals surface area contributed by atoms with Crippen molar-refractivity contribution in [2.75, 3.05) is 6.61 Å². The fourth-order valence-corrected chi connectivity index (χ4v) is 3.85. The largest absolute Gasteiger partial charge is 0.482 e. The summed E-state index contributed by atoms with van der Waals surface area (Å²) in [5.74, 6) is 0.339. The summed E-state index contributed by atoms with van der Waals surface area (Å²) in [6.07, 6.45) is 4.82. The molecule has 0 aromatic heterocycles. The molecular formula is C20H21BrClNO2. The van der Waals surface area contributed by atoms with Gasteiger partial charge in [0.1, 0.15) is 5.75 Å². The summed E-state index contributed by atoms with van der Waals surface area (Å²) in [4.78, 5) is 12.2. The molecule has 2 aromatic carbocycles. The van der Waals surface area contributed by atoms with Crippen LogP contribution >= 0.6 is 27.5 Å². The number of rotatable bonds is 5. The molecule has 0 heterocycles. The predicted molar refractivity (Wildman–Crippen MR) is 104 cm³/mol. The third-order valence-electron chi connectivity index (χ3n) is 4.50. The van der Waals surface area contributed by atoms with Gasteiger partial charge in [-0.1, -0.05) is 45.7 Å². The van der Waals surface area contributed by atoms with Gasteiger partial charge in [-0.25, -0.2) is 0 Å². The molecule has 0 fully saturated rings. The highest BCUT2D eigenvalue weighted by Gasteiger charge is 2.14. The average Bonchev–Trinajstić information content (AvgIpc) is 2.60. The van der Waals surface area contributed by atoms with Gasteiger partial charge in [-0.15, -0.1) is 0 Å². The van der Waals surface area contributed by atoms with Crippen LogP contribution in [0.2, 0.25) is 5.02 Å². The van der Waals surface area contributed by atoms with E-state index in [-0.39, 0.29) is 18.6 Å². The van der Waals surface area contributed by atoms with Crippen LogP contribution in [0.25, 0.3) is 0 Å². The zero-order chi connectivity index (χ0) is 17.8. The maximum atomic E-state index is 12.2. The number of carbonyl (C=O) groups excluding carboxylic acids is 1. The number of carbonyl (C=O) groups is 1. The van der Waals surface area contributed by atoms with E-state index in [2.05, 4.69) is 39.4 Å². The molecule has 0 spiro atoms. The number of amides is 1.